The fourth-order valence-corrected chi connectivity index (χ4v) is 1.45. The SMILES string of the molecule is NCCc1ccc2c(c1)NC(=O)CO2. The molecule has 14 heavy (non-hydrogen) atoms. The van der Waals surface area contributed by atoms with Crippen LogP contribution in [0, 0.1) is 0 Å². The van der Waals surface area contributed by atoms with Crippen molar-refractivity contribution in [2.24, 2.45) is 5.73 Å². The first-order valence-corrected chi connectivity index (χ1v) is 4.55. The Bertz CT molecular complexity index is 363. The Morgan fingerprint density at radius 2 is 2.36 bits per heavy atom. The number of nitrogens with one attached hydrogen (secondary N) is 1. The molecule has 74 valence electrons. The first-order valence-electron chi connectivity index (χ1n) is 4.55. The first-order chi connectivity index (χ1) is 6.79. The third kappa shape index (κ3) is 1.70. The van der Waals surface area contributed by atoms with Crippen molar-refractivity contribution in [3.8, 4) is 5.75 Å². The summed E-state index contributed by atoms with van der Waals surface area (Å²) in [7, 11) is 0. The van der Waals surface area contributed by atoms with Gasteiger partial charge in [-0.25, -0.2) is 0 Å². The minimum Gasteiger partial charge on any atom is -0.482 e. The van der Waals surface area contributed by atoms with Gasteiger partial charge in [-0.05, 0) is 30.7 Å². The lowest BCUT2D eigenvalue weighted by Crippen LogP contribution is -2.25. The van der Waals surface area contributed by atoms with Gasteiger partial charge in [-0.2, -0.15) is 0 Å². The van der Waals surface area contributed by atoms with E-state index in [0.717, 1.165) is 23.4 Å². The number of fused-ring (bicyclic) bond motifs is 1. The normalized spacial score (nSPS) is 14.2. The molecule has 4 heteroatoms. The molecule has 1 aromatic rings. The van der Waals surface area contributed by atoms with E-state index in [1.165, 1.54) is 0 Å². The Labute approximate surface area is 82.1 Å². The molecule has 0 aromatic heterocycles. The number of carbonyl (C=O) groups excluding carboxylic acids is 1. The van der Waals surface area contributed by atoms with Gasteiger partial charge in [0.05, 0.1) is 5.69 Å². The van der Waals surface area contributed by atoms with Crippen LogP contribution in [0.15, 0.2) is 18.2 Å². The molecule has 1 aromatic carbocycles. The topological polar surface area (TPSA) is 64.3 Å². The first kappa shape index (κ1) is 9.02. The molecule has 0 aliphatic carbocycles. The highest BCUT2D eigenvalue weighted by Crippen LogP contribution is 2.28. The quantitative estimate of drug-likeness (QED) is 0.718. The van der Waals surface area contributed by atoms with E-state index in [9.17, 15) is 4.79 Å². The molecule has 3 N–H and O–H groups in total. The Kier molecular flexibility index (Phi) is 2.37. The molecule has 0 saturated heterocycles. The summed E-state index contributed by atoms with van der Waals surface area (Å²) >= 11 is 0. The van der Waals surface area contributed by atoms with E-state index < -0.39 is 0 Å². The standard InChI is InChI=1S/C10H12N2O2/c11-4-3-7-1-2-9-8(5-7)12-10(13)6-14-9/h1-2,5H,3-4,6,11H2,(H,12,13). The highest BCUT2D eigenvalue weighted by Gasteiger charge is 2.15. The maximum atomic E-state index is 11.0. The molecule has 1 amide bonds. The third-order valence-electron chi connectivity index (χ3n) is 2.11. The van der Waals surface area contributed by atoms with Gasteiger partial charge in [0.15, 0.2) is 6.61 Å². The molecular weight excluding hydrogens is 180 g/mol. The summed E-state index contributed by atoms with van der Waals surface area (Å²) in [6, 6.07) is 5.72. The predicted octanol–water partition coefficient (Wildman–Crippen LogP) is 0.519. The summed E-state index contributed by atoms with van der Waals surface area (Å²) in [5, 5.41) is 2.75. The van der Waals surface area contributed by atoms with Gasteiger partial charge in [0.1, 0.15) is 5.75 Å². The van der Waals surface area contributed by atoms with Gasteiger partial charge in [-0.1, -0.05) is 6.07 Å². The number of hydrogen-bond donors (Lipinski definition) is 2. The Morgan fingerprint density at radius 3 is 3.14 bits per heavy atom. The summed E-state index contributed by atoms with van der Waals surface area (Å²) in [4.78, 5) is 11.0. The molecule has 4 nitrogen and oxygen atoms in total. The number of amides is 1. The van der Waals surface area contributed by atoms with Crippen LogP contribution in [-0.2, 0) is 11.2 Å². The summed E-state index contributed by atoms with van der Waals surface area (Å²) in [6.07, 6.45) is 0.809. The second-order valence-corrected chi connectivity index (χ2v) is 3.21. The molecule has 0 radical (unpaired) electrons. The minimum absolute atomic E-state index is 0.100. The van der Waals surface area contributed by atoms with Crippen LogP contribution in [0.2, 0.25) is 0 Å². The number of nitrogens with two attached hydrogens (primary N) is 1. The van der Waals surface area contributed by atoms with E-state index in [2.05, 4.69) is 5.32 Å². The maximum Gasteiger partial charge on any atom is 0.262 e. The number of carbonyl (C=O) groups is 1. The fourth-order valence-electron chi connectivity index (χ4n) is 1.45. The third-order valence-corrected chi connectivity index (χ3v) is 2.11. The second kappa shape index (κ2) is 3.67. The van der Waals surface area contributed by atoms with E-state index in [1.807, 2.05) is 18.2 Å². The molecule has 1 aliphatic heterocycles. The zero-order valence-electron chi connectivity index (χ0n) is 7.75. The highest BCUT2D eigenvalue weighted by atomic mass is 16.5. The number of rotatable bonds is 2. The molecule has 0 atom stereocenters. The average molecular weight is 192 g/mol. The van der Waals surface area contributed by atoms with Gasteiger partial charge < -0.3 is 15.8 Å². The Morgan fingerprint density at radius 1 is 1.50 bits per heavy atom. The lowest BCUT2D eigenvalue weighted by Gasteiger charge is -2.18. The molecule has 0 saturated carbocycles. The van der Waals surface area contributed by atoms with Crippen molar-refractivity contribution in [3.63, 3.8) is 0 Å². The van der Waals surface area contributed by atoms with Crippen molar-refractivity contribution in [1.82, 2.24) is 0 Å². The van der Waals surface area contributed by atoms with E-state index >= 15 is 0 Å². The smallest absolute Gasteiger partial charge is 0.262 e. The zero-order valence-corrected chi connectivity index (χ0v) is 7.75. The van der Waals surface area contributed by atoms with Crippen molar-refractivity contribution in [2.75, 3.05) is 18.5 Å². The Balaban J connectivity index is 2.28. The summed E-state index contributed by atoms with van der Waals surface area (Å²) < 4.78 is 5.23. The molecule has 0 unspecified atom stereocenters. The number of hydrogen-bond acceptors (Lipinski definition) is 3. The van der Waals surface area contributed by atoms with Gasteiger partial charge in [-0.3, -0.25) is 4.79 Å². The van der Waals surface area contributed by atoms with E-state index in [1.54, 1.807) is 0 Å². The van der Waals surface area contributed by atoms with Gasteiger partial charge in [0, 0.05) is 0 Å². The van der Waals surface area contributed by atoms with E-state index in [-0.39, 0.29) is 12.5 Å². The maximum absolute atomic E-state index is 11.0. The van der Waals surface area contributed by atoms with Crippen molar-refractivity contribution in [3.05, 3.63) is 23.8 Å². The molecule has 0 fully saturated rings. The molecule has 0 bridgehead atoms. The van der Waals surface area contributed by atoms with Crippen molar-refractivity contribution >= 4 is 11.6 Å². The largest absolute Gasteiger partial charge is 0.482 e. The lowest BCUT2D eigenvalue weighted by atomic mass is 10.1. The summed E-state index contributed by atoms with van der Waals surface area (Å²) in [6.45, 7) is 0.705. The fraction of sp³-hybridized carbons (Fsp3) is 0.300. The highest BCUT2D eigenvalue weighted by molar-refractivity contribution is 5.95. The lowest BCUT2D eigenvalue weighted by molar-refractivity contribution is -0.118. The van der Waals surface area contributed by atoms with E-state index in [0.29, 0.717) is 6.54 Å². The molecular formula is C10H12N2O2. The number of anilines is 1. The zero-order chi connectivity index (χ0) is 9.97. The van der Waals surface area contributed by atoms with Crippen LogP contribution in [0.1, 0.15) is 5.56 Å². The molecule has 1 heterocycles. The monoisotopic (exact) mass is 192 g/mol. The molecule has 2 rings (SSSR count). The average Bonchev–Trinajstić information content (AvgIpc) is 2.17. The predicted molar refractivity (Wildman–Crippen MR) is 53.3 cm³/mol. The van der Waals surface area contributed by atoms with Gasteiger partial charge >= 0.3 is 0 Å². The molecule has 0 spiro atoms. The van der Waals surface area contributed by atoms with Crippen molar-refractivity contribution in [2.45, 2.75) is 6.42 Å². The second-order valence-electron chi connectivity index (χ2n) is 3.21. The molecule has 1 aliphatic rings. The van der Waals surface area contributed by atoms with Crippen LogP contribution in [0.5, 0.6) is 5.75 Å². The van der Waals surface area contributed by atoms with Crippen LogP contribution >= 0.6 is 0 Å². The van der Waals surface area contributed by atoms with Crippen LogP contribution in [0.3, 0.4) is 0 Å². The van der Waals surface area contributed by atoms with Crippen LogP contribution in [0.25, 0.3) is 0 Å². The van der Waals surface area contributed by atoms with Crippen LogP contribution in [0.4, 0.5) is 5.69 Å². The van der Waals surface area contributed by atoms with Gasteiger partial charge in [0.25, 0.3) is 5.91 Å². The van der Waals surface area contributed by atoms with E-state index in [4.69, 9.17) is 10.5 Å². The summed E-state index contributed by atoms with van der Waals surface area (Å²) in [5.41, 5.74) is 7.30. The van der Waals surface area contributed by atoms with Crippen molar-refractivity contribution < 1.29 is 9.53 Å². The number of benzene rings is 1. The van der Waals surface area contributed by atoms with Crippen LogP contribution < -0.4 is 15.8 Å². The minimum atomic E-state index is -0.109. The van der Waals surface area contributed by atoms with Gasteiger partial charge in [0.2, 0.25) is 0 Å². The number of ether oxygens (including phenoxy) is 1. The van der Waals surface area contributed by atoms with Crippen LogP contribution in [-0.4, -0.2) is 19.1 Å². The Hall–Kier alpha value is -1.55. The van der Waals surface area contributed by atoms with Gasteiger partial charge in [-0.15, -0.1) is 0 Å². The van der Waals surface area contributed by atoms with Crippen molar-refractivity contribution in [1.29, 1.82) is 0 Å². The summed E-state index contributed by atoms with van der Waals surface area (Å²) in [5.74, 6) is 0.618.